The molecule has 0 radical (unpaired) electrons. The normalized spacial score (nSPS) is 16.3. The lowest BCUT2D eigenvalue weighted by molar-refractivity contribution is -0.117. The fraction of sp³-hybridized carbons (Fsp3) is 0.200. The summed E-state index contributed by atoms with van der Waals surface area (Å²) < 4.78 is 8.54. The monoisotopic (exact) mass is 475 g/mol. The lowest BCUT2D eigenvalue weighted by Crippen LogP contribution is -2.24. The first kappa shape index (κ1) is 19.8. The van der Waals surface area contributed by atoms with Crippen molar-refractivity contribution in [1.82, 2.24) is 9.55 Å². The number of fused-ring (bicyclic) bond motifs is 1. The topological polar surface area (TPSA) is 47.4 Å². The number of rotatable bonds is 5. The van der Waals surface area contributed by atoms with Gasteiger partial charge >= 0.3 is 0 Å². The molecule has 4 aromatic rings. The van der Waals surface area contributed by atoms with Crippen LogP contribution in [0.1, 0.15) is 23.7 Å². The molecule has 3 aromatic carbocycles. The van der Waals surface area contributed by atoms with E-state index in [1.807, 2.05) is 59.5 Å². The number of carbonyl (C=O) groups excluding carboxylic acids is 1. The zero-order valence-electron chi connectivity index (χ0n) is 17.2. The molecule has 5 nitrogen and oxygen atoms in total. The molecule has 1 aliphatic rings. The fourth-order valence-corrected chi connectivity index (χ4v) is 4.50. The molecule has 156 valence electrons. The molecule has 1 fully saturated rings. The van der Waals surface area contributed by atoms with Gasteiger partial charge in [0, 0.05) is 35.6 Å². The first-order valence-corrected chi connectivity index (χ1v) is 11.1. The van der Waals surface area contributed by atoms with Crippen LogP contribution in [-0.2, 0) is 11.3 Å². The van der Waals surface area contributed by atoms with Crippen molar-refractivity contribution in [2.24, 2.45) is 0 Å². The van der Waals surface area contributed by atoms with Gasteiger partial charge in [0.2, 0.25) is 5.91 Å². The third-order valence-electron chi connectivity index (χ3n) is 5.81. The van der Waals surface area contributed by atoms with Crippen LogP contribution in [0, 0.1) is 0 Å². The Morgan fingerprint density at radius 2 is 1.77 bits per heavy atom. The number of nitrogens with zero attached hydrogens (tertiary/aromatic N) is 3. The van der Waals surface area contributed by atoms with E-state index in [4.69, 9.17) is 9.72 Å². The highest BCUT2D eigenvalue weighted by Crippen LogP contribution is 2.34. The number of carbonyl (C=O) groups is 1. The molecule has 0 aliphatic carbocycles. The van der Waals surface area contributed by atoms with Crippen molar-refractivity contribution in [3.8, 4) is 5.75 Å². The second-order valence-corrected chi connectivity index (χ2v) is 8.69. The molecule has 1 amide bonds. The van der Waals surface area contributed by atoms with E-state index in [0.717, 1.165) is 32.8 Å². The zero-order valence-corrected chi connectivity index (χ0v) is 18.7. The first-order chi connectivity index (χ1) is 15.1. The number of halogens is 1. The van der Waals surface area contributed by atoms with Gasteiger partial charge in [-0.25, -0.2) is 4.98 Å². The predicted octanol–water partition coefficient (Wildman–Crippen LogP) is 5.38. The van der Waals surface area contributed by atoms with Crippen LogP contribution in [0.15, 0.2) is 77.3 Å². The van der Waals surface area contributed by atoms with E-state index in [2.05, 4.69) is 38.7 Å². The number of anilines is 1. The third kappa shape index (κ3) is 3.83. The first-order valence-electron chi connectivity index (χ1n) is 10.3. The molecule has 2 heterocycles. The number of aromatic nitrogens is 2. The van der Waals surface area contributed by atoms with Crippen LogP contribution in [0.4, 0.5) is 5.69 Å². The Kier molecular flexibility index (Phi) is 5.24. The van der Waals surface area contributed by atoms with E-state index in [-0.39, 0.29) is 11.8 Å². The van der Waals surface area contributed by atoms with Gasteiger partial charge in [0.1, 0.15) is 11.6 Å². The molecule has 1 saturated heterocycles. The average Bonchev–Trinajstić information content (AvgIpc) is 3.35. The van der Waals surface area contributed by atoms with E-state index in [9.17, 15) is 4.79 Å². The van der Waals surface area contributed by atoms with Gasteiger partial charge in [0.25, 0.3) is 0 Å². The van der Waals surface area contributed by atoms with E-state index in [0.29, 0.717) is 19.5 Å². The van der Waals surface area contributed by atoms with Crippen molar-refractivity contribution in [2.45, 2.75) is 18.9 Å². The molecular weight excluding hydrogens is 454 g/mol. The Labute approximate surface area is 189 Å². The summed E-state index contributed by atoms with van der Waals surface area (Å²) in [5.41, 5.74) is 4.14. The summed E-state index contributed by atoms with van der Waals surface area (Å²) in [6.45, 7) is 1.33. The van der Waals surface area contributed by atoms with Crippen LogP contribution in [-0.4, -0.2) is 29.1 Å². The smallest absolute Gasteiger partial charge is 0.227 e. The molecule has 31 heavy (non-hydrogen) atoms. The Morgan fingerprint density at radius 3 is 2.52 bits per heavy atom. The molecule has 0 bridgehead atoms. The summed E-state index contributed by atoms with van der Waals surface area (Å²) in [6.07, 6.45) is 0.460. The van der Waals surface area contributed by atoms with Gasteiger partial charge in [-0.05, 0) is 54.1 Å². The van der Waals surface area contributed by atoms with Gasteiger partial charge in [-0.15, -0.1) is 0 Å². The number of hydrogen-bond acceptors (Lipinski definition) is 3. The van der Waals surface area contributed by atoms with Crippen LogP contribution in [0.2, 0.25) is 0 Å². The van der Waals surface area contributed by atoms with Gasteiger partial charge in [0.05, 0.1) is 18.1 Å². The molecular formula is C25H22BrN3O2. The summed E-state index contributed by atoms with van der Waals surface area (Å²) in [5.74, 6) is 1.98. The Morgan fingerprint density at radius 1 is 1.03 bits per heavy atom. The maximum atomic E-state index is 12.9. The average molecular weight is 476 g/mol. The number of methoxy groups -OCH3 is 1. The Hall–Kier alpha value is -3.12. The minimum Gasteiger partial charge on any atom is -0.497 e. The van der Waals surface area contributed by atoms with Crippen LogP contribution in [0.3, 0.4) is 0 Å². The third-order valence-corrected chi connectivity index (χ3v) is 6.34. The molecule has 1 atom stereocenters. The van der Waals surface area contributed by atoms with Gasteiger partial charge < -0.3 is 14.2 Å². The van der Waals surface area contributed by atoms with E-state index in [1.165, 1.54) is 5.56 Å². The van der Waals surface area contributed by atoms with Gasteiger partial charge in [-0.1, -0.05) is 40.2 Å². The summed E-state index contributed by atoms with van der Waals surface area (Å²) in [6, 6.07) is 24.2. The molecule has 1 aliphatic heterocycles. The predicted molar refractivity (Wildman–Crippen MR) is 126 cm³/mol. The van der Waals surface area contributed by atoms with Crippen LogP contribution >= 0.6 is 15.9 Å². The lowest BCUT2D eigenvalue weighted by atomic mass is 10.1. The van der Waals surface area contributed by atoms with E-state index >= 15 is 0 Å². The summed E-state index contributed by atoms with van der Waals surface area (Å²) in [4.78, 5) is 19.7. The summed E-state index contributed by atoms with van der Waals surface area (Å²) in [5, 5.41) is 0. The molecule has 1 aromatic heterocycles. The lowest BCUT2D eigenvalue weighted by Gasteiger charge is -2.17. The van der Waals surface area contributed by atoms with Crippen molar-refractivity contribution in [3.05, 3.63) is 88.7 Å². The van der Waals surface area contributed by atoms with E-state index in [1.54, 1.807) is 7.11 Å². The summed E-state index contributed by atoms with van der Waals surface area (Å²) in [7, 11) is 1.67. The van der Waals surface area contributed by atoms with Crippen LogP contribution in [0.25, 0.3) is 11.0 Å². The minimum absolute atomic E-state index is 0.0433. The second kappa shape index (κ2) is 8.19. The largest absolute Gasteiger partial charge is 0.497 e. The van der Waals surface area contributed by atoms with Gasteiger partial charge in [0.15, 0.2) is 0 Å². The molecule has 6 heteroatoms. The fourth-order valence-electron chi connectivity index (χ4n) is 4.24. The van der Waals surface area contributed by atoms with Gasteiger partial charge in [-0.3, -0.25) is 4.79 Å². The number of benzene rings is 3. The molecule has 5 rings (SSSR count). The van der Waals surface area contributed by atoms with Crippen molar-refractivity contribution in [3.63, 3.8) is 0 Å². The number of amides is 1. The van der Waals surface area contributed by atoms with E-state index < -0.39 is 0 Å². The maximum Gasteiger partial charge on any atom is 0.227 e. The summed E-state index contributed by atoms with van der Waals surface area (Å²) >= 11 is 3.46. The Bertz CT molecular complexity index is 1230. The standard InChI is InChI=1S/C25H22BrN3O2/c1-31-21-12-6-17(7-13-21)15-29-23-5-3-2-4-22(23)27-25(29)18-14-24(30)28(16-18)20-10-8-19(26)9-11-20/h2-13,18H,14-16H2,1H3. The van der Waals surface area contributed by atoms with Crippen LogP contribution in [0.5, 0.6) is 5.75 Å². The SMILES string of the molecule is COc1ccc(Cn2c(C3CC(=O)N(c4ccc(Br)cc4)C3)nc3ccccc32)cc1. The second-order valence-electron chi connectivity index (χ2n) is 7.77. The molecule has 0 N–H and O–H groups in total. The van der Waals surface area contributed by atoms with Crippen molar-refractivity contribution in [1.29, 1.82) is 0 Å². The molecule has 0 spiro atoms. The number of imidazole rings is 1. The van der Waals surface area contributed by atoms with Crippen LogP contribution < -0.4 is 9.64 Å². The number of ether oxygens (including phenoxy) is 1. The number of para-hydroxylation sites is 2. The highest BCUT2D eigenvalue weighted by atomic mass is 79.9. The van der Waals surface area contributed by atoms with Crippen molar-refractivity contribution >= 4 is 38.6 Å². The van der Waals surface area contributed by atoms with Gasteiger partial charge in [-0.2, -0.15) is 0 Å². The highest BCUT2D eigenvalue weighted by Gasteiger charge is 2.34. The maximum absolute atomic E-state index is 12.9. The zero-order chi connectivity index (χ0) is 21.4. The molecule has 0 saturated carbocycles. The number of hydrogen-bond donors (Lipinski definition) is 0. The molecule has 1 unspecified atom stereocenters. The minimum atomic E-state index is 0.0433. The van der Waals surface area contributed by atoms with Crippen molar-refractivity contribution in [2.75, 3.05) is 18.6 Å². The van der Waals surface area contributed by atoms with Crippen molar-refractivity contribution < 1.29 is 9.53 Å². The highest BCUT2D eigenvalue weighted by molar-refractivity contribution is 9.10. The Balaban J connectivity index is 1.50. The quantitative estimate of drug-likeness (QED) is 0.389.